The molecule has 0 aromatic carbocycles. The zero-order chi connectivity index (χ0) is 11.6. The van der Waals surface area contributed by atoms with Crippen LogP contribution in [0.1, 0.15) is 0 Å². The lowest BCUT2D eigenvalue weighted by atomic mass is 11.3. The Morgan fingerprint density at radius 2 is 1.43 bits per heavy atom. The van der Waals surface area contributed by atoms with Crippen LogP contribution in [0.2, 0.25) is 32.7 Å². The average Bonchev–Trinajstić information content (AvgIpc) is 1.78. The standard InChI is InChI=1S/C7H18O4Si3/c1-7-13(5,6)11-14(8,9)10-12(2,3)4/h7H,1H2,2-6H3/q-2. The van der Waals surface area contributed by atoms with Gasteiger partial charge in [-0.15, -0.1) is 6.58 Å². The first kappa shape index (κ1) is 14.2. The van der Waals surface area contributed by atoms with Gasteiger partial charge < -0.3 is 17.8 Å². The van der Waals surface area contributed by atoms with Crippen molar-refractivity contribution in [1.82, 2.24) is 0 Å². The molecule has 0 N–H and O–H groups in total. The molecule has 0 rings (SSSR count). The molecule has 0 bridgehead atoms. The molecule has 0 amide bonds. The molecule has 84 valence electrons. The van der Waals surface area contributed by atoms with E-state index in [-0.39, 0.29) is 0 Å². The van der Waals surface area contributed by atoms with E-state index < -0.39 is 25.7 Å². The van der Waals surface area contributed by atoms with Gasteiger partial charge in [-0.1, -0.05) is 5.70 Å². The van der Waals surface area contributed by atoms with Crippen LogP contribution in [0.25, 0.3) is 0 Å². The first-order valence-corrected chi connectivity index (χ1v) is 12.4. The predicted molar refractivity (Wildman–Crippen MR) is 58.9 cm³/mol. The Kier molecular flexibility index (Phi) is 4.46. The lowest BCUT2D eigenvalue weighted by Gasteiger charge is -2.51. The first-order chi connectivity index (χ1) is 5.97. The lowest BCUT2D eigenvalue weighted by Crippen LogP contribution is -2.73. The van der Waals surface area contributed by atoms with Crippen molar-refractivity contribution in [2.24, 2.45) is 0 Å². The monoisotopic (exact) mass is 250 g/mol. The summed E-state index contributed by atoms with van der Waals surface area (Å²) < 4.78 is 10.0. The van der Waals surface area contributed by atoms with Crippen molar-refractivity contribution in [3.05, 3.63) is 12.3 Å². The number of rotatable bonds is 5. The van der Waals surface area contributed by atoms with E-state index >= 15 is 0 Å². The van der Waals surface area contributed by atoms with Crippen LogP contribution in [0.4, 0.5) is 0 Å². The second-order valence-electron chi connectivity index (χ2n) is 4.62. The highest BCUT2D eigenvalue weighted by Crippen LogP contribution is 2.12. The molecule has 0 aliphatic rings. The van der Waals surface area contributed by atoms with Crippen molar-refractivity contribution in [3.8, 4) is 0 Å². The smallest absolute Gasteiger partial charge is 0.197 e. The van der Waals surface area contributed by atoms with Gasteiger partial charge in [0.15, 0.2) is 16.6 Å². The van der Waals surface area contributed by atoms with Gasteiger partial charge in [0.2, 0.25) is 0 Å². The molecule has 0 unspecified atom stereocenters. The molecule has 14 heavy (non-hydrogen) atoms. The quantitative estimate of drug-likeness (QED) is 0.641. The van der Waals surface area contributed by atoms with Crippen LogP contribution in [-0.4, -0.2) is 25.7 Å². The van der Waals surface area contributed by atoms with Crippen molar-refractivity contribution >= 4 is 25.7 Å². The Morgan fingerprint density at radius 1 is 1.00 bits per heavy atom. The van der Waals surface area contributed by atoms with E-state index in [1.807, 2.05) is 0 Å². The van der Waals surface area contributed by atoms with Gasteiger partial charge in [-0.2, -0.15) is 0 Å². The minimum absolute atomic E-state index is 1.57. The van der Waals surface area contributed by atoms with E-state index in [0.717, 1.165) is 0 Å². The molecule has 4 nitrogen and oxygen atoms in total. The number of hydrogen-bond acceptors (Lipinski definition) is 4. The van der Waals surface area contributed by atoms with Crippen LogP contribution in [0.3, 0.4) is 0 Å². The predicted octanol–water partition coefficient (Wildman–Crippen LogP) is -0.0590. The molecule has 0 aliphatic carbocycles. The van der Waals surface area contributed by atoms with E-state index in [9.17, 15) is 9.59 Å². The van der Waals surface area contributed by atoms with Crippen LogP contribution < -0.4 is 9.59 Å². The largest absolute Gasteiger partial charge is 0.829 e. The summed E-state index contributed by atoms with van der Waals surface area (Å²) in [6.07, 6.45) is 0. The van der Waals surface area contributed by atoms with Gasteiger partial charge >= 0.3 is 0 Å². The van der Waals surface area contributed by atoms with Crippen LogP contribution in [-0.2, 0) is 8.23 Å². The van der Waals surface area contributed by atoms with E-state index in [4.69, 9.17) is 8.23 Å². The topological polar surface area (TPSA) is 64.6 Å². The lowest BCUT2D eigenvalue weighted by molar-refractivity contribution is -0.426. The molecule has 0 saturated heterocycles. The normalized spacial score (nSPS) is 14.2. The summed E-state index contributed by atoms with van der Waals surface area (Å²) >= 11 is 0. The minimum Gasteiger partial charge on any atom is -0.829 e. The average molecular weight is 250 g/mol. The summed E-state index contributed by atoms with van der Waals surface area (Å²) in [6.45, 7) is 12.5. The van der Waals surface area contributed by atoms with E-state index in [2.05, 4.69) is 6.58 Å². The second-order valence-corrected chi connectivity index (χ2v) is 15.1. The Morgan fingerprint density at radius 3 is 1.71 bits per heavy atom. The Hall–Kier alpha value is 0.231. The molecule has 0 atom stereocenters. The highest BCUT2D eigenvalue weighted by atomic mass is 28.5. The second kappa shape index (κ2) is 4.39. The summed E-state index contributed by atoms with van der Waals surface area (Å²) in [5.74, 6) is 0. The summed E-state index contributed by atoms with van der Waals surface area (Å²) in [5.41, 5.74) is 1.57. The van der Waals surface area contributed by atoms with Gasteiger partial charge in [-0.05, 0) is 32.7 Å². The molecule has 0 saturated carbocycles. The molecule has 0 heterocycles. The van der Waals surface area contributed by atoms with Crippen LogP contribution in [0.15, 0.2) is 12.3 Å². The zero-order valence-corrected chi connectivity index (χ0v) is 12.4. The Balaban J connectivity index is 4.42. The molecule has 0 aromatic rings. The van der Waals surface area contributed by atoms with Crippen LogP contribution in [0.5, 0.6) is 0 Å². The van der Waals surface area contributed by atoms with E-state index in [1.165, 1.54) is 0 Å². The van der Waals surface area contributed by atoms with Gasteiger partial charge in [0.1, 0.15) is 9.05 Å². The maximum absolute atomic E-state index is 11.5. The third-order valence-electron chi connectivity index (χ3n) is 1.31. The van der Waals surface area contributed by atoms with Crippen molar-refractivity contribution < 1.29 is 17.8 Å². The van der Waals surface area contributed by atoms with Crippen LogP contribution in [0, 0.1) is 0 Å². The van der Waals surface area contributed by atoms with Crippen molar-refractivity contribution in [3.63, 3.8) is 0 Å². The molecule has 0 aliphatic heterocycles. The first-order valence-electron chi connectivity index (χ1n) is 4.42. The molecule has 0 aromatic heterocycles. The maximum atomic E-state index is 11.5. The van der Waals surface area contributed by atoms with Crippen molar-refractivity contribution in [2.75, 3.05) is 0 Å². The fourth-order valence-corrected chi connectivity index (χ4v) is 7.21. The van der Waals surface area contributed by atoms with Gasteiger partial charge in [0, 0.05) is 0 Å². The Labute approximate surface area is 88.9 Å². The highest BCUT2D eigenvalue weighted by molar-refractivity contribution is 6.84. The van der Waals surface area contributed by atoms with E-state index in [0.29, 0.717) is 0 Å². The fraction of sp³-hybridized carbons (Fsp3) is 0.714. The Bertz CT molecular complexity index is 209. The molecular weight excluding hydrogens is 232 g/mol. The summed E-state index contributed by atoms with van der Waals surface area (Å²) in [4.78, 5) is 22.9. The fourth-order valence-electron chi connectivity index (χ4n) is 0.760. The SMILES string of the molecule is C=C[Si](C)(C)O[Si]([O-])([O-])O[Si](C)(C)C. The zero-order valence-electron chi connectivity index (χ0n) is 9.42. The summed E-state index contributed by atoms with van der Waals surface area (Å²) in [6, 6.07) is 0. The van der Waals surface area contributed by atoms with Gasteiger partial charge in [-0.3, -0.25) is 0 Å². The van der Waals surface area contributed by atoms with Crippen molar-refractivity contribution in [1.29, 1.82) is 0 Å². The third-order valence-corrected chi connectivity index (χ3v) is 8.85. The third kappa shape index (κ3) is 6.65. The molecular formula is C7H18O4Si3-2. The maximum Gasteiger partial charge on any atom is 0.197 e. The van der Waals surface area contributed by atoms with Crippen molar-refractivity contribution in [2.45, 2.75) is 32.7 Å². The molecule has 0 spiro atoms. The minimum atomic E-state index is -4.44. The summed E-state index contributed by atoms with van der Waals surface area (Å²) in [5, 5.41) is 0. The summed E-state index contributed by atoms with van der Waals surface area (Å²) in [7, 11) is -8.86. The van der Waals surface area contributed by atoms with Gasteiger partial charge in [0.05, 0.1) is 0 Å². The molecule has 0 fully saturated rings. The van der Waals surface area contributed by atoms with E-state index in [1.54, 1.807) is 38.4 Å². The highest BCUT2D eigenvalue weighted by Gasteiger charge is 2.26. The van der Waals surface area contributed by atoms with Gasteiger partial charge in [0.25, 0.3) is 0 Å². The van der Waals surface area contributed by atoms with Crippen LogP contribution >= 0.6 is 0 Å². The van der Waals surface area contributed by atoms with Gasteiger partial charge in [-0.25, -0.2) is 0 Å². The number of hydrogen-bond donors (Lipinski definition) is 0. The molecule has 0 radical (unpaired) electrons. The molecule has 7 heteroatoms.